The maximum absolute atomic E-state index is 5.95. The highest BCUT2D eigenvalue weighted by molar-refractivity contribution is 14.0. The van der Waals surface area contributed by atoms with Crippen LogP contribution in [0.5, 0.6) is 11.5 Å². The molecule has 0 saturated carbocycles. The van der Waals surface area contributed by atoms with Crippen LogP contribution in [-0.2, 0) is 6.54 Å². The number of nitrogens with zero attached hydrogens (tertiary/aromatic N) is 2. The highest BCUT2D eigenvalue weighted by atomic mass is 127. The van der Waals surface area contributed by atoms with Crippen LogP contribution in [0.25, 0.3) is 0 Å². The van der Waals surface area contributed by atoms with Gasteiger partial charge in [0.05, 0.1) is 13.7 Å². The molecule has 6 nitrogen and oxygen atoms in total. The summed E-state index contributed by atoms with van der Waals surface area (Å²) in [6, 6.07) is 15.5. The summed E-state index contributed by atoms with van der Waals surface area (Å²) in [6.07, 6.45) is 0. The second-order valence-corrected chi connectivity index (χ2v) is 6.07. The lowest BCUT2D eigenvalue weighted by molar-refractivity contribution is 0.223. The molecule has 0 unspecified atom stereocenters. The summed E-state index contributed by atoms with van der Waals surface area (Å²) in [5, 5.41) is 3.07. The van der Waals surface area contributed by atoms with Gasteiger partial charge in [-0.2, -0.15) is 0 Å². The maximum atomic E-state index is 5.95. The van der Waals surface area contributed by atoms with E-state index in [-0.39, 0.29) is 24.0 Å². The number of rotatable bonds is 10. The number of aliphatic imine (C=N–C) groups is 1. The molecule has 2 aromatic rings. The van der Waals surface area contributed by atoms with Gasteiger partial charge in [-0.25, -0.2) is 4.99 Å². The number of nitrogens with two attached hydrogens (primary N) is 1. The fraction of sp³-hybridized carbons (Fsp3) is 0.381. The van der Waals surface area contributed by atoms with Crippen molar-refractivity contribution < 1.29 is 9.47 Å². The minimum atomic E-state index is 0. The van der Waals surface area contributed by atoms with Gasteiger partial charge in [0, 0.05) is 12.2 Å². The Balaban J connectivity index is 0.00000392. The summed E-state index contributed by atoms with van der Waals surface area (Å²) in [5.74, 6) is 2.05. The summed E-state index contributed by atoms with van der Waals surface area (Å²) >= 11 is 0. The van der Waals surface area contributed by atoms with Crippen LogP contribution in [0.1, 0.15) is 19.4 Å². The van der Waals surface area contributed by atoms with Crippen LogP contribution in [0.2, 0.25) is 0 Å². The SMILES string of the molecule is CCN(CC)CCOc1ccc(CN=C(N)Nc2ccc(OC)cc2)cc1.I. The van der Waals surface area contributed by atoms with Gasteiger partial charge in [0.25, 0.3) is 0 Å². The Morgan fingerprint density at radius 3 is 2.18 bits per heavy atom. The molecule has 0 spiro atoms. The molecule has 3 N–H and O–H groups in total. The van der Waals surface area contributed by atoms with E-state index in [1.165, 1.54) is 0 Å². The molecule has 7 heteroatoms. The van der Waals surface area contributed by atoms with Crippen molar-refractivity contribution in [1.82, 2.24) is 4.90 Å². The van der Waals surface area contributed by atoms with Crippen molar-refractivity contribution in [1.29, 1.82) is 0 Å². The molecule has 0 bridgehead atoms. The van der Waals surface area contributed by atoms with E-state index in [0.717, 1.165) is 42.4 Å². The van der Waals surface area contributed by atoms with Crippen molar-refractivity contribution >= 4 is 35.6 Å². The normalized spacial score (nSPS) is 11.1. The smallest absolute Gasteiger partial charge is 0.193 e. The van der Waals surface area contributed by atoms with Crippen LogP contribution >= 0.6 is 24.0 Å². The fourth-order valence-corrected chi connectivity index (χ4v) is 2.56. The zero-order chi connectivity index (χ0) is 19.5. The third-order valence-electron chi connectivity index (χ3n) is 4.29. The van der Waals surface area contributed by atoms with Crippen LogP contribution in [0.15, 0.2) is 53.5 Å². The Hall–Kier alpha value is -2.00. The van der Waals surface area contributed by atoms with E-state index in [1.807, 2.05) is 48.5 Å². The van der Waals surface area contributed by atoms with Crippen molar-refractivity contribution in [3.8, 4) is 11.5 Å². The monoisotopic (exact) mass is 498 g/mol. The Kier molecular flexibility index (Phi) is 11.4. The predicted molar refractivity (Wildman–Crippen MR) is 127 cm³/mol. The molecule has 0 aliphatic rings. The first-order chi connectivity index (χ1) is 13.1. The van der Waals surface area contributed by atoms with E-state index in [4.69, 9.17) is 15.2 Å². The molecule has 0 atom stereocenters. The van der Waals surface area contributed by atoms with Crippen molar-refractivity contribution in [3.05, 3.63) is 54.1 Å². The van der Waals surface area contributed by atoms with Crippen molar-refractivity contribution in [3.63, 3.8) is 0 Å². The molecule has 2 rings (SSSR count). The summed E-state index contributed by atoms with van der Waals surface area (Å²) < 4.78 is 10.9. The van der Waals surface area contributed by atoms with E-state index in [9.17, 15) is 0 Å². The van der Waals surface area contributed by atoms with Gasteiger partial charge < -0.3 is 25.4 Å². The predicted octanol–water partition coefficient (Wildman–Crippen LogP) is 3.96. The molecule has 0 aliphatic heterocycles. The molecule has 0 aliphatic carbocycles. The van der Waals surface area contributed by atoms with Crippen molar-refractivity contribution in [2.75, 3.05) is 38.7 Å². The molecule has 154 valence electrons. The molecular weight excluding hydrogens is 467 g/mol. The molecule has 0 amide bonds. The first kappa shape index (κ1) is 24.0. The highest BCUT2D eigenvalue weighted by Crippen LogP contribution is 2.15. The number of hydrogen-bond acceptors (Lipinski definition) is 4. The van der Waals surface area contributed by atoms with Gasteiger partial charge in [-0.1, -0.05) is 26.0 Å². The summed E-state index contributed by atoms with van der Waals surface area (Å²) in [6.45, 7) is 8.55. The van der Waals surface area contributed by atoms with E-state index >= 15 is 0 Å². The average molecular weight is 498 g/mol. The molecule has 0 saturated heterocycles. The standard InChI is InChI=1S/C21H30N4O2.HI/c1-4-25(5-2)14-15-27-20-10-6-17(7-11-20)16-23-21(22)24-18-8-12-19(26-3)13-9-18;/h6-13H,4-5,14-16H2,1-3H3,(H3,22,23,24);1H. The largest absolute Gasteiger partial charge is 0.497 e. The number of ether oxygens (including phenoxy) is 2. The molecule has 2 aromatic carbocycles. The molecular formula is C21H31IN4O2. The Bertz CT molecular complexity index is 701. The molecule has 0 aromatic heterocycles. The van der Waals surface area contributed by atoms with Gasteiger partial charge >= 0.3 is 0 Å². The number of hydrogen-bond donors (Lipinski definition) is 2. The lowest BCUT2D eigenvalue weighted by Crippen LogP contribution is -2.27. The Labute approximate surface area is 185 Å². The van der Waals surface area contributed by atoms with E-state index < -0.39 is 0 Å². The van der Waals surface area contributed by atoms with Gasteiger partial charge in [-0.15, -0.1) is 24.0 Å². The first-order valence-corrected chi connectivity index (χ1v) is 9.29. The zero-order valence-electron chi connectivity index (χ0n) is 16.9. The molecule has 28 heavy (non-hydrogen) atoms. The summed E-state index contributed by atoms with van der Waals surface area (Å²) in [4.78, 5) is 6.71. The van der Waals surface area contributed by atoms with E-state index in [2.05, 4.69) is 29.1 Å². The number of likely N-dealkylation sites (N-methyl/N-ethyl adjacent to an activating group) is 1. The van der Waals surface area contributed by atoms with Crippen LogP contribution in [-0.4, -0.2) is 44.2 Å². The number of halogens is 1. The second kappa shape index (κ2) is 13.2. The summed E-state index contributed by atoms with van der Waals surface area (Å²) in [5.41, 5.74) is 7.90. The minimum absolute atomic E-state index is 0. The van der Waals surface area contributed by atoms with Gasteiger partial charge in [-0.05, 0) is 55.1 Å². The third kappa shape index (κ3) is 8.35. The average Bonchev–Trinajstić information content (AvgIpc) is 2.71. The molecule has 0 radical (unpaired) electrons. The quantitative estimate of drug-likeness (QED) is 0.295. The molecule has 0 heterocycles. The van der Waals surface area contributed by atoms with Gasteiger partial charge in [0.2, 0.25) is 0 Å². The van der Waals surface area contributed by atoms with Crippen LogP contribution in [0.4, 0.5) is 5.69 Å². The fourth-order valence-electron chi connectivity index (χ4n) is 2.56. The second-order valence-electron chi connectivity index (χ2n) is 6.07. The van der Waals surface area contributed by atoms with E-state index in [1.54, 1.807) is 7.11 Å². The highest BCUT2D eigenvalue weighted by Gasteiger charge is 2.01. The topological polar surface area (TPSA) is 72.1 Å². The Morgan fingerprint density at radius 1 is 1.00 bits per heavy atom. The lowest BCUT2D eigenvalue weighted by Gasteiger charge is -2.18. The third-order valence-corrected chi connectivity index (χ3v) is 4.29. The van der Waals surface area contributed by atoms with Gasteiger partial charge in [0.1, 0.15) is 18.1 Å². The van der Waals surface area contributed by atoms with Crippen molar-refractivity contribution in [2.45, 2.75) is 20.4 Å². The number of guanidine groups is 1. The number of benzene rings is 2. The number of nitrogens with one attached hydrogen (secondary N) is 1. The number of anilines is 1. The lowest BCUT2D eigenvalue weighted by atomic mass is 10.2. The van der Waals surface area contributed by atoms with Crippen LogP contribution in [0, 0.1) is 0 Å². The summed E-state index contributed by atoms with van der Waals surface area (Å²) in [7, 11) is 1.64. The van der Waals surface area contributed by atoms with Gasteiger partial charge in [0.15, 0.2) is 5.96 Å². The first-order valence-electron chi connectivity index (χ1n) is 9.29. The zero-order valence-corrected chi connectivity index (χ0v) is 19.2. The van der Waals surface area contributed by atoms with Crippen molar-refractivity contribution in [2.24, 2.45) is 10.7 Å². The maximum Gasteiger partial charge on any atom is 0.193 e. The number of methoxy groups -OCH3 is 1. The van der Waals surface area contributed by atoms with Crippen LogP contribution in [0.3, 0.4) is 0 Å². The van der Waals surface area contributed by atoms with Gasteiger partial charge in [-0.3, -0.25) is 0 Å². The van der Waals surface area contributed by atoms with Crippen LogP contribution < -0.4 is 20.5 Å². The Morgan fingerprint density at radius 2 is 1.61 bits per heavy atom. The van der Waals surface area contributed by atoms with E-state index in [0.29, 0.717) is 19.1 Å². The minimum Gasteiger partial charge on any atom is -0.497 e. The molecule has 0 fully saturated rings.